The van der Waals surface area contributed by atoms with E-state index < -0.39 is 0 Å². The van der Waals surface area contributed by atoms with E-state index >= 15 is 0 Å². The second-order valence-electron chi connectivity index (χ2n) is 5.28. The van der Waals surface area contributed by atoms with E-state index in [0.717, 1.165) is 44.2 Å². The standard InChI is InChI=1S/C15H24ClN3/c1-13(3-2-8-17)18-9-11-19(12-10-18)15-6-4-14(16)5-7-15/h4-7,13H,2-3,8-12,17H2,1H3. The monoisotopic (exact) mass is 281 g/mol. The zero-order valence-electron chi connectivity index (χ0n) is 11.7. The highest BCUT2D eigenvalue weighted by molar-refractivity contribution is 6.30. The lowest BCUT2D eigenvalue weighted by Gasteiger charge is -2.39. The van der Waals surface area contributed by atoms with E-state index in [2.05, 4.69) is 28.9 Å². The number of hydrogen-bond donors (Lipinski definition) is 1. The Bertz CT molecular complexity index is 371. The van der Waals surface area contributed by atoms with Gasteiger partial charge in [-0.05, 0) is 50.6 Å². The van der Waals surface area contributed by atoms with Gasteiger partial charge in [0.1, 0.15) is 0 Å². The van der Waals surface area contributed by atoms with Crippen molar-refractivity contribution < 1.29 is 0 Å². The molecule has 1 heterocycles. The Morgan fingerprint density at radius 3 is 2.37 bits per heavy atom. The van der Waals surface area contributed by atoms with E-state index in [1.807, 2.05) is 12.1 Å². The minimum atomic E-state index is 0.649. The van der Waals surface area contributed by atoms with Crippen LogP contribution in [0.3, 0.4) is 0 Å². The van der Waals surface area contributed by atoms with Gasteiger partial charge in [-0.3, -0.25) is 4.90 Å². The molecule has 1 aromatic carbocycles. The summed E-state index contributed by atoms with van der Waals surface area (Å²) in [5, 5.41) is 0.804. The van der Waals surface area contributed by atoms with Crippen molar-refractivity contribution in [1.29, 1.82) is 0 Å². The van der Waals surface area contributed by atoms with Gasteiger partial charge >= 0.3 is 0 Å². The smallest absolute Gasteiger partial charge is 0.0407 e. The Balaban J connectivity index is 1.83. The lowest BCUT2D eigenvalue weighted by molar-refractivity contribution is 0.187. The maximum Gasteiger partial charge on any atom is 0.0407 e. The second kappa shape index (κ2) is 7.13. The predicted molar refractivity (Wildman–Crippen MR) is 83.0 cm³/mol. The lowest BCUT2D eigenvalue weighted by atomic mass is 10.1. The predicted octanol–water partition coefficient (Wildman–Crippen LogP) is 2.59. The van der Waals surface area contributed by atoms with Gasteiger partial charge in [-0.1, -0.05) is 11.6 Å². The molecule has 19 heavy (non-hydrogen) atoms. The van der Waals surface area contributed by atoms with E-state index in [0.29, 0.717) is 6.04 Å². The number of halogens is 1. The molecule has 4 heteroatoms. The van der Waals surface area contributed by atoms with Crippen molar-refractivity contribution in [1.82, 2.24) is 4.90 Å². The van der Waals surface area contributed by atoms with Gasteiger partial charge in [0.2, 0.25) is 0 Å². The summed E-state index contributed by atoms with van der Waals surface area (Å²) in [5.74, 6) is 0. The number of nitrogens with zero attached hydrogens (tertiary/aromatic N) is 2. The van der Waals surface area contributed by atoms with Crippen LogP contribution in [0.2, 0.25) is 5.02 Å². The molecule has 1 atom stereocenters. The van der Waals surface area contributed by atoms with Crippen molar-refractivity contribution in [2.24, 2.45) is 5.73 Å². The van der Waals surface area contributed by atoms with E-state index in [9.17, 15) is 0 Å². The van der Waals surface area contributed by atoms with Gasteiger partial charge in [0.05, 0.1) is 0 Å². The molecule has 0 radical (unpaired) electrons. The first-order valence-corrected chi connectivity index (χ1v) is 7.53. The molecular weight excluding hydrogens is 258 g/mol. The summed E-state index contributed by atoms with van der Waals surface area (Å²) < 4.78 is 0. The average Bonchev–Trinajstić information content (AvgIpc) is 2.46. The van der Waals surface area contributed by atoms with Crippen molar-refractivity contribution in [3.8, 4) is 0 Å². The third-order valence-electron chi connectivity index (χ3n) is 3.96. The highest BCUT2D eigenvalue weighted by Gasteiger charge is 2.20. The fourth-order valence-electron chi connectivity index (χ4n) is 2.67. The summed E-state index contributed by atoms with van der Waals surface area (Å²) in [4.78, 5) is 5.00. The first-order chi connectivity index (χ1) is 9.20. The third-order valence-corrected chi connectivity index (χ3v) is 4.21. The molecule has 0 aromatic heterocycles. The van der Waals surface area contributed by atoms with Crippen LogP contribution in [-0.4, -0.2) is 43.7 Å². The molecule has 1 unspecified atom stereocenters. The Morgan fingerprint density at radius 2 is 1.79 bits per heavy atom. The van der Waals surface area contributed by atoms with Crippen LogP contribution in [0.5, 0.6) is 0 Å². The first kappa shape index (κ1) is 14.6. The summed E-state index contributed by atoms with van der Waals surface area (Å²) in [7, 11) is 0. The van der Waals surface area contributed by atoms with Gasteiger partial charge in [-0.25, -0.2) is 0 Å². The van der Waals surface area contributed by atoms with Gasteiger partial charge in [-0.15, -0.1) is 0 Å². The molecule has 0 amide bonds. The van der Waals surface area contributed by atoms with Crippen molar-refractivity contribution in [3.63, 3.8) is 0 Å². The molecule has 3 nitrogen and oxygen atoms in total. The SMILES string of the molecule is CC(CCCN)N1CCN(c2ccc(Cl)cc2)CC1. The number of anilines is 1. The zero-order chi connectivity index (χ0) is 13.7. The van der Waals surface area contributed by atoms with Gasteiger partial charge in [0, 0.05) is 42.9 Å². The number of hydrogen-bond acceptors (Lipinski definition) is 3. The fraction of sp³-hybridized carbons (Fsp3) is 0.600. The number of benzene rings is 1. The van der Waals surface area contributed by atoms with Gasteiger partial charge in [0.25, 0.3) is 0 Å². The van der Waals surface area contributed by atoms with Crippen molar-refractivity contribution in [3.05, 3.63) is 29.3 Å². The Kier molecular flexibility index (Phi) is 5.49. The highest BCUT2D eigenvalue weighted by atomic mass is 35.5. The fourth-order valence-corrected chi connectivity index (χ4v) is 2.79. The molecule has 2 N–H and O–H groups in total. The summed E-state index contributed by atoms with van der Waals surface area (Å²) in [6.45, 7) is 7.56. The van der Waals surface area contributed by atoms with Crippen molar-refractivity contribution >= 4 is 17.3 Å². The summed E-state index contributed by atoms with van der Waals surface area (Å²) in [6, 6.07) is 8.79. The normalized spacial score (nSPS) is 18.6. The van der Waals surface area contributed by atoms with Crippen LogP contribution in [0.15, 0.2) is 24.3 Å². The molecule has 1 saturated heterocycles. The molecule has 106 valence electrons. The number of nitrogens with two attached hydrogens (primary N) is 1. The first-order valence-electron chi connectivity index (χ1n) is 7.15. The molecule has 1 aliphatic heterocycles. The van der Waals surface area contributed by atoms with Gasteiger partial charge in [0.15, 0.2) is 0 Å². The van der Waals surface area contributed by atoms with Crippen LogP contribution >= 0.6 is 11.6 Å². The molecule has 0 spiro atoms. The lowest BCUT2D eigenvalue weighted by Crippen LogP contribution is -2.49. The topological polar surface area (TPSA) is 32.5 Å². The minimum Gasteiger partial charge on any atom is -0.369 e. The molecule has 0 bridgehead atoms. The minimum absolute atomic E-state index is 0.649. The number of rotatable bonds is 5. The molecular formula is C15H24ClN3. The average molecular weight is 282 g/mol. The molecule has 1 aliphatic rings. The van der Waals surface area contributed by atoms with E-state index in [4.69, 9.17) is 17.3 Å². The summed E-state index contributed by atoms with van der Waals surface area (Å²) >= 11 is 5.93. The molecule has 0 saturated carbocycles. The van der Waals surface area contributed by atoms with Crippen LogP contribution in [0.1, 0.15) is 19.8 Å². The largest absolute Gasteiger partial charge is 0.369 e. The van der Waals surface area contributed by atoms with Crippen molar-refractivity contribution in [2.45, 2.75) is 25.8 Å². The third kappa shape index (κ3) is 4.10. The van der Waals surface area contributed by atoms with E-state index in [1.54, 1.807) is 0 Å². The van der Waals surface area contributed by atoms with Crippen LogP contribution in [0.25, 0.3) is 0 Å². The molecule has 1 aromatic rings. The van der Waals surface area contributed by atoms with Gasteiger partial charge < -0.3 is 10.6 Å². The maximum atomic E-state index is 5.93. The Hall–Kier alpha value is -0.770. The van der Waals surface area contributed by atoms with Gasteiger partial charge in [-0.2, -0.15) is 0 Å². The van der Waals surface area contributed by atoms with Crippen LogP contribution in [0, 0.1) is 0 Å². The Morgan fingerprint density at radius 1 is 1.16 bits per heavy atom. The summed E-state index contributed by atoms with van der Waals surface area (Å²) in [5.41, 5.74) is 6.86. The quantitative estimate of drug-likeness (QED) is 0.900. The Labute approximate surface area is 121 Å². The molecule has 1 fully saturated rings. The van der Waals surface area contributed by atoms with E-state index in [-0.39, 0.29) is 0 Å². The summed E-state index contributed by atoms with van der Waals surface area (Å²) in [6.07, 6.45) is 2.33. The second-order valence-corrected chi connectivity index (χ2v) is 5.72. The molecule has 0 aliphatic carbocycles. The maximum absolute atomic E-state index is 5.93. The van der Waals surface area contributed by atoms with Crippen molar-refractivity contribution in [2.75, 3.05) is 37.6 Å². The van der Waals surface area contributed by atoms with Crippen LogP contribution in [0.4, 0.5) is 5.69 Å². The number of piperazine rings is 1. The zero-order valence-corrected chi connectivity index (χ0v) is 12.4. The van der Waals surface area contributed by atoms with E-state index in [1.165, 1.54) is 12.1 Å². The highest BCUT2D eigenvalue weighted by Crippen LogP contribution is 2.20. The van der Waals surface area contributed by atoms with Crippen LogP contribution in [-0.2, 0) is 0 Å². The van der Waals surface area contributed by atoms with Crippen LogP contribution < -0.4 is 10.6 Å². The molecule has 2 rings (SSSR count).